The van der Waals surface area contributed by atoms with Gasteiger partial charge >= 0.3 is 5.97 Å². The van der Waals surface area contributed by atoms with Gasteiger partial charge in [-0.1, -0.05) is 0 Å². The van der Waals surface area contributed by atoms with E-state index in [1.165, 1.54) is 6.07 Å². The maximum absolute atomic E-state index is 14.5. The summed E-state index contributed by atoms with van der Waals surface area (Å²) in [5.41, 5.74) is 3.20. The first kappa shape index (κ1) is 20.4. The molecule has 2 aromatic rings. The highest BCUT2D eigenvalue weighted by Gasteiger charge is 2.27. The second-order valence-electron chi connectivity index (χ2n) is 7.60. The van der Waals surface area contributed by atoms with E-state index in [9.17, 15) is 14.3 Å². The number of halogens is 1. The fraction of sp³-hybridized carbons (Fsp3) is 0.455. The van der Waals surface area contributed by atoms with Crippen LogP contribution in [0.5, 0.6) is 11.5 Å². The Balaban J connectivity index is 1.67. The van der Waals surface area contributed by atoms with Crippen molar-refractivity contribution in [2.75, 3.05) is 38.5 Å². The van der Waals surface area contributed by atoms with Crippen LogP contribution in [0.3, 0.4) is 0 Å². The molecule has 30 heavy (non-hydrogen) atoms. The molecular formula is C22H25FN2O5. The summed E-state index contributed by atoms with van der Waals surface area (Å²) in [6, 6.07) is 5.22. The average molecular weight is 416 g/mol. The summed E-state index contributed by atoms with van der Waals surface area (Å²) in [7, 11) is 1.67. The quantitative estimate of drug-likeness (QED) is 0.692. The first-order chi connectivity index (χ1) is 14.6. The summed E-state index contributed by atoms with van der Waals surface area (Å²) in [6.07, 6.45) is 4.63. The van der Waals surface area contributed by atoms with Gasteiger partial charge in [-0.2, -0.15) is 0 Å². The number of ether oxygens (including phenoxy) is 3. The second-order valence-corrected chi connectivity index (χ2v) is 7.60. The van der Waals surface area contributed by atoms with Gasteiger partial charge in [0.2, 0.25) is 12.5 Å². The third kappa shape index (κ3) is 4.18. The second kappa shape index (κ2) is 8.87. The molecule has 1 aromatic heterocycles. The first-order valence-electron chi connectivity index (χ1n) is 10.1. The topological polar surface area (TPSA) is 81.1 Å². The zero-order valence-electron chi connectivity index (χ0n) is 16.9. The van der Waals surface area contributed by atoms with Crippen LogP contribution in [-0.4, -0.2) is 49.7 Å². The zero-order valence-corrected chi connectivity index (χ0v) is 16.9. The summed E-state index contributed by atoms with van der Waals surface area (Å²) in [5, 5.41) is 9.30. The molecule has 1 saturated heterocycles. The first-order valence-corrected chi connectivity index (χ1v) is 10.1. The van der Waals surface area contributed by atoms with Gasteiger partial charge in [0.1, 0.15) is 0 Å². The van der Waals surface area contributed by atoms with E-state index < -0.39 is 11.8 Å². The van der Waals surface area contributed by atoms with E-state index in [2.05, 4.69) is 16.0 Å². The minimum atomic E-state index is -0.751. The van der Waals surface area contributed by atoms with E-state index in [4.69, 9.17) is 14.2 Å². The van der Waals surface area contributed by atoms with Crippen molar-refractivity contribution in [3.8, 4) is 22.8 Å². The molecule has 0 radical (unpaired) electrons. The molecule has 0 atom stereocenters. The lowest BCUT2D eigenvalue weighted by atomic mass is 9.95. The van der Waals surface area contributed by atoms with Gasteiger partial charge in [0.25, 0.3) is 0 Å². The van der Waals surface area contributed by atoms with Gasteiger partial charge in [0.15, 0.2) is 11.6 Å². The third-order valence-electron chi connectivity index (χ3n) is 5.62. The number of nitrogens with zero attached hydrogens (tertiary/aromatic N) is 2. The van der Waals surface area contributed by atoms with Gasteiger partial charge in [-0.05, 0) is 49.4 Å². The normalized spacial score (nSPS) is 16.1. The number of pyridine rings is 1. The molecule has 0 unspecified atom stereocenters. The fourth-order valence-corrected chi connectivity index (χ4v) is 3.99. The number of carboxylic acid groups (broad SMARTS) is 1. The summed E-state index contributed by atoms with van der Waals surface area (Å²) in [5.74, 6) is -1.07. The Kier molecular flexibility index (Phi) is 6.03. The molecule has 7 nitrogen and oxygen atoms in total. The number of methoxy groups -OCH3 is 1. The zero-order chi connectivity index (χ0) is 21.1. The van der Waals surface area contributed by atoms with Crippen molar-refractivity contribution in [1.82, 2.24) is 4.98 Å². The van der Waals surface area contributed by atoms with Crippen molar-refractivity contribution in [3.63, 3.8) is 0 Å². The predicted octanol–water partition coefficient (Wildman–Crippen LogP) is 3.50. The molecular weight excluding hydrogens is 391 g/mol. The van der Waals surface area contributed by atoms with Gasteiger partial charge in [-0.3, -0.25) is 9.78 Å². The highest BCUT2D eigenvalue weighted by Crippen LogP contribution is 2.41. The molecule has 2 aliphatic heterocycles. The fourth-order valence-electron chi connectivity index (χ4n) is 3.99. The number of anilines is 1. The van der Waals surface area contributed by atoms with E-state index in [0.717, 1.165) is 24.1 Å². The Morgan fingerprint density at radius 3 is 2.83 bits per heavy atom. The van der Waals surface area contributed by atoms with Crippen LogP contribution >= 0.6 is 0 Å². The Hall–Kier alpha value is -2.87. The molecule has 0 bridgehead atoms. The lowest BCUT2D eigenvalue weighted by molar-refractivity contribution is -0.142. The van der Waals surface area contributed by atoms with Crippen LogP contribution in [0.25, 0.3) is 11.3 Å². The van der Waals surface area contributed by atoms with Crippen molar-refractivity contribution in [3.05, 3.63) is 35.8 Å². The van der Waals surface area contributed by atoms with Gasteiger partial charge < -0.3 is 24.2 Å². The molecule has 0 saturated carbocycles. The summed E-state index contributed by atoms with van der Waals surface area (Å²) in [4.78, 5) is 18.1. The SMILES string of the molecule is COCCCc1cnc(-c2cc(F)c3c(c2)OCO3)c(N2CCC(C(=O)O)CC2)c1. The van der Waals surface area contributed by atoms with Crippen LogP contribution in [0.4, 0.5) is 10.1 Å². The van der Waals surface area contributed by atoms with Gasteiger partial charge in [0, 0.05) is 38.6 Å². The Morgan fingerprint density at radius 1 is 1.30 bits per heavy atom. The lowest BCUT2D eigenvalue weighted by Gasteiger charge is -2.33. The smallest absolute Gasteiger partial charge is 0.306 e. The number of carbonyl (C=O) groups is 1. The van der Waals surface area contributed by atoms with Crippen LogP contribution in [0.15, 0.2) is 24.4 Å². The Morgan fingerprint density at radius 2 is 2.10 bits per heavy atom. The van der Waals surface area contributed by atoms with Gasteiger partial charge in [0.05, 0.1) is 17.3 Å². The average Bonchev–Trinajstić information content (AvgIpc) is 3.23. The van der Waals surface area contributed by atoms with Crippen LogP contribution in [0.2, 0.25) is 0 Å². The van der Waals surface area contributed by atoms with Gasteiger partial charge in [-0.15, -0.1) is 0 Å². The van der Waals surface area contributed by atoms with Crippen LogP contribution in [0.1, 0.15) is 24.8 Å². The monoisotopic (exact) mass is 416 g/mol. The van der Waals surface area contributed by atoms with Crippen molar-refractivity contribution in [2.24, 2.45) is 5.92 Å². The molecule has 3 heterocycles. The molecule has 2 aliphatic rings. The number of carboxylic acids is 1. The number of fused-ring (bicyclic) bond motifs is 1. The van der Waals surface area contributed by atoms with Crippen molar-refractivity contribution in [2.45, 2.75) is 25.7 Å². The summed E-state index contributed by atoms with van der Waals surface area (Å²) >= 11 is 0. The van der Waals surface area contributed by atoms with Crippen molar-refractivity contribution < 1.29 is 28.5 Å². The molecule has 1 N–H and O–H groups in total. The number of piperidine rings is 1. The standard InChI is InChI=1S/C22H25FN2O5/c1-28-8-2-3-14-9-18(25-6-4-15(5-7-25)22(26)27)20(24-12-14)16-10-17(23)21-19(11-16)29-13-30-21/h9-12,15H,2-8,13H2,1H3,(H,26,27). The number of aryl methyl sites for hydroxylation is 1. The highest BCUT2D eigenvalue weighted by atomic mass is 19.1. The molecule has 0 aliphatic carbocycles. The Labute approximate surface area is 174 Å². The van der Waals surface area contributed by atoms with E-state index in [0.29, 0.717) is 49.5 Å². The minimum absolute atomic E-state index is 0.00285. The van der Waals surface area contributed by atoms with E-state index >= 15 is 0 Å². The lowest BCUT2D eigenvalue weighted by Crippen LogP contribution is -2.36. The third-order valence-corrected chi connectivity index (χ3v) is 5.62. The highest BCUT2D eigenvalue weighted by molar-refractivity contribution is 5.78. The van der Waals surface area contributed by atoms with E-state index in [-0.39, 0.29) is 18.5 Å². The maximum atomic E-state index is 14.5. The van der Waals surface area contributed by atoms with Crippen LogP contribution in [-0.2, 0) is 16.0 Å². The molecule has 1 fully saturated rings. The van der Waals surface area contributed by atoms with Crippen molar-refractivity contribution >= 4 is 11.7 Å². The number of aromatic nitrogens is 1. The number of hydrogen-bond donors (Lipinski definition) is 1. The summed E-state index contributed by atoms with van der Waals surface area (Å²) < 4.78 is 30.2. The molecule has 8 heteroatoms. The van der Waals surface area contributed by atoms with Crippen LogP contribution in [0, 0.1) is 11.7 Å². The molecule has 1 aromatic carbocycles. The molecule has 160 valence electrons. The van der Waals surface area contributed by atoms with E-state index in [1.54, 1.807) is 19.4 Å². The number of benzene rings is 1. The minimum Gasteiger partial charge on any atom is -0.481 e. The van der Waals surface area contributed by atoms with E-state index in [1.807, 2.05) is 0 Å². The number of aliphatic carboxylic acids is 1. The Bertz CT molecular complexity index is 928. The van der Waals surface area contributed by atoms with Gasteiger partial charge in [-0.25, -0.2) is 4.39 Å². The number of rotatable bonds is 7. The summed E-state index contributed by atoms with van der Waals surface area (Å²) in [6.45, 7) is 1.88. The van der Waals surface area contributed by atoms with Crippen LogP contribution < -0.4 is 14.4 Å². The molecule has 4 rings (SSSR count). The number of hydrogen-bond acceptors (Lipinski definition) is 6. The predicted molar refractivity (Wildman–Crippen MR) is 109 cm³/mol. The molecule has 0 amide bonds. The largest absolute Gasteiger partial charge is 0.481 e. The molecule has 0 spiro atoms. The maximum Gasteiger partial charge on any atom is 0.306 e. The van der Waals surface area contributed by atoms with Crippen molar-refractivity contribution in [1.29, 1.82) is 0 Å².